The summed E-state index contributed by atoms with van der Waals surface area (Å²) in [5.41, 5.74) is -1.63. The van der Waals surface area contributed by atoms with Crippen LogP contribution in [0.2, 0.25) is 0 Å². The fourth-order valence-corrected chi connectivity index (χ4v) is 3.31. The standard InChI is InChI=1S/C17H18F3N3O3/c18-17(19,20)12-5-6-15(24)23(10-12)13(9-11-3-1-2-4-11)16(25)21-14-7-8-26-22-14/h5-8,10-11,13H,1-4,9H2,(H,21,22,25). The number of hydrogen-bond donors (Lipinski definition) is 1. The summed E-state index contributed by atoms with van der Waals surface area (Å²) in [5, 5.41) is 6.06. The number of rotatable bonds is 5. The van der Waals surface area contributed by atoms with E-state index in [0.717, 1.165) is 42.4 Å². The van der Waals surface area contributed by atoms with Crippen molar-refractivity contribution in [2.24, 2.45) is 5.92 Å². The Morgan fingerprint density at radius 2 is 2.04 bits per heavy atom. The molecule has 3 rings (SSSR count). The Bertz CT molecular complexity index is 809. The van der Waals surface area contributed by atoms with Crippen molar-refractivity contribution >= 4 is 11.7 Å². The van der Waals surface area contributed by atoms with Crippen LogP contribution in [-0.4, -0.2) is 15.6 Å². The van der Waals surface area contributed by atoms with Crippen LogP contribution >= 0.6 is 0 Å². The fraction of sp³-hybridized carbons (Fsp3) is 0.471. The lowest BCUT2D eigenvalue weighted by Gasteiger charge is -2.22. The summed E-state index contributed by atoms with van der Waals surface area (Å²) in [4.78, 5) is 24.9. The van der Waals surface area contributed by atoms with Crippen LogP contribution < -0.4 is 10.9 Å². The first-order valence-electron chi connectivity index (χ1n) is 8.35. The van der Waals surface area contributed by atoms with Crippen LogP contribution in [0.25, 0.3) is 0 Å². The Kier molecular flexibility index (Phi) is 5.15. The Balaban J connectivity index is 1.94. The number of alkyl halides is 3. The van der Waals surface area contributed by atoms with Crippen LogP contribution in [0.4, 0.5) is 19.0 Å². The van der Waals surface area contributed by atoms with E-state index in [1.807, 2.05) is 0 Å². The van der Waals surface area contributed by atoms with Gasteiger partial charge in [0, 0.05) is 18.3 Å². The van der Waals surface area contributed by atoms with Gasteiger partial charge in [0.05, 0.1) is 5.56 Å². The summed E-state index contributed by atoms with van der Waals surface area (Å²) < 4.78 is 44.6. The smallest absolute Gasteiger partial charge is 0.363 e. The monoisotopic (exact) mass is 369 g/mol. The van der Waals surface area contributed by atoms with Gasteiger partial charge in [-0.2, -0.15) is 13.2 Å². The lowest BCUT2D eigenvalue weighted by atomic mass is 9.97. The van der Waals surface area contributed by atoms with Crippen LogP contribution in [0.15, 0.2) is 40.0 Å². The number of nitrogens with zero attached hydrogens (tertiary/aromatic N) is 2. The predicted molar refractivity (Wildman–Crippen MR) is 86.4 cm³/mol. The minimum absolute atomic E-state index is 0.145. The van der Waals surface area contributed by atoms with Crippen molar-refractivity contribution in [3.63, 3.8) is 0 Å². The minimum Gasteiger partial charge on any atom is -0.363 e. The molecule has 1 unspecified atom stereocenters. The number of hydrogen-bond acceptors (Lipinski definition) is 4. The van der Waals surface area contributed by atoms with Crippen molar-refractivity contribution in [3.05, 3.63) is 46.6 Å². The largest absolute Gasteiger partial charge is 0.417 e. The summed E-state index contributed by atoms with van der Waals surface area (Å²) in [5.74, 6) is -0.261. The summed E-state index contributed by atoms with van der Waals surface area (Å²) in [6, 6.07) is 1.93. The van der Waals surface area contributed by atoms with E-state index in [1.54, 1.807) is 0 Å². The van der Waals surface area contributed by atoms with E-state index in [0.29, 0.717) is 12.6 Å². The molecule has 1 aliphatic carbocycles. The second kappa shape index (κ2) is 7.35. The Morgan fingerprint density at radius 1 is 1.31 bits per heavy atom. The molecule has 1 atom stereocenters. The summed E-state index contributed by atoms with van der Waals surface area (Å²) in [7, 11) is 0. The van der Waals surface area contributed by atoms with Crippen LogP contribution in [0.5, 0.6) is 0 Å². The summed E-state index contributed by atoms with van der Waals surface area (Å²) in [6.07, 6.45) is 1.48. The zero-order valence-electron chi connectivity index (χ0n) is 13.8. The van der Waals surface area contributed by atoms with Gasteiger partial charge in [-0.1, -0.05) is 30.8 Å². The maximum atomic E-state index is 13.0. The van der Waals surface area contributed by atoms with Gasteiger partial charge < -0.3 is 14.4 Å². The first-order valence-corrected chi connectivity index (χ1v) is 8.35. The quantitative estimate of drug-likeness (QED) is 0.873. The molecule has 0 aromatic carbocycles. The molecule has 1 aliphatic rings. The van der Waals surface area contributed by atoms with Gasteiger partial charge in [0.25, 0.3) is 5.56 Å². The molecule has 0 radical (unpaired) electrons. The van der Waals surface area contributed by atoms with Gasteiger partial charge >= 0.3 is 6.18 Å². The molecule has 0 spiro atoms. The summed E-state index contributed by atoms with van der Waals surface area (Å²) in [6.45, 7) is 0. The molecule has 1 fully saturated rings. The molecule has 2 aromatic heterocycles. The van der Waals surface area contributed by atoms with Crippen molar-refractivity contribution in [3.8, 4) is 0 Å². The number of carbonyl (C=O) groups excluding carboxylic acids is 1. The Morgan fingerprint density at radius 3 is 2.65 bits per heavy atom. The third kappa shape index (κ3) is 4.14. The predicted octanol–water partition coefficient (Wildman–Crippen LogP) is 3.62. The molecular formula is C17H18F3N3O3. The first-order chi connectivity index (χ1) is 12.3. The number of nitrogens with one attached hydrogen (secondary N) is 1. The topological polar surface area (TPSA) is 77.1 Å². The highest BCUT2D eigenvalue weighted by Crippen LogP contribution is 2.33. The second-order valence-corrected chi connectivity index (χ2v) is 6.44. The zero-order chi connectivity index (χ0) is 18.7. The van der Waals surface area contributed by atoms with Gasteiger partial charge in [-0.3, -0.25) is 9.59 Å². The molecule has 140 valence electrons. The van der Waals surface area contributed by atoms with Crippen LogP contribution in [0.1, 0.15) is 43.7 Å². The Labute approximate surface area is 147 Å². The molecule has 0 bridgehead atoms. The Hall–Kier alpha value is -2.58. The van der Waals surface area contributed by atoms with Crippen LogP contribution in [-0.2, 0) is 11.0 Å². The van der Waals surface area contributed by atoms with Gasteiger partial charge in [-0.05, 0) is 18.4 Å². The van der Waals surface area contributed by atoms with Crippen molar-refractivity contribution in [2.75, 3.05) is 5.32 Å². The molecule has 0 saturated heterocycles. The lowest BCUT2D eigenvalue weighted by Crippen LogP contribution is -2.34. The van der Waals surface area contributed by atoms with Gasteiger partial charge in [0.2, 0.25) is 5.91 Å². The average Bonchev–Trinajstić information content (AvgIpc) is 3.26. The highest BCUT2D eigenvalue weighted by molar-refractivity contribution is 5.92. The SMILES string of the molecule is O=C(Nc1ccon1)C(CC1CCCC1)n1cc(C(F)(F)F)ccc1=O. The van der Waals surface area contributed by atoms with E-state index < -0.39 is 29.2 Å². The normalized spacial score (nSPS) is 16.6. The zero-order valence-corrected chi connectivity index (χ0v) is 13.8. The van der Waals surface area contributed by atoms with E-state index in [2.05, 4.69) is 15.0 Å². The molecular weight excluding hydrogens is 351 g/mol. The average molecular weight is 369 g/mol. The number of amides is 1. The van der Waals surface area contributed by atoms with Gasteiger partial charge in [0.15, 0.2) is 5.82 Å². The molecule has 0 aliphatic heterocycles. The molecule has 2 heterocycles. The van der Waals surface area contributed by atoms with E-state index in [1.165, 1.54) is 12.3 Å². The minimum atomic E-state index is -4.60. The molecule has 1 saturated carbocycles. The van der Waals surface area contributed by atoms with E-state index in [-0.39, 0.29) is 11.7 Å². The third-order valence-corrected chi connectivity index (χ3v) is 4.62. The van der Waals surface area contributed by atoms with Crippen LogP contribution in [0, 0.1) is 5.92 Å². The number of aromatic nitrogens is 2. The van der Waals surface area contributed by atoms with Gasteiger partial charge in [-0.15, -0.1) is 0 Å². The molecule has 9 heteroatoms. The van der Waals surface area contributed by atoms with E-state index in [9.17, 15) is 22.8 Å². The lowest BCUT2D eigenvalue weighted by molar-refractivity contribution is -0.138. The highest BCUT2D eigenvalue weighted by Gasteiger charge is 2.33. The van der Waals surface area contributed by atoms with Crippen LogP contribution in [0.3, 0.4) is 0 Å². The maximum Gasteiger partial charge on any atom is 0.417 e. The number of anilines is 1. The number of halogens is 3. The maximum absolute atomic E-state index is 13.0. The van der Waals surface area contributed by atoms with E-state index >= 15 is 0 Å². The molecule has 26 heavy (non-hydrogen) atoms. The van der Waals surface area contributed by atoms with Gasteiger partial charge in [0.1, 0.15) is 12.3 Å². The number of pyridine rings is 1. The van der Waals surface area contributed by atoms with Crippen molar-refractivity contribution < 1.29 is 22.5 Å². The van der Waals surface area contributed by atoms with Gasteiger partial charge in [-0.25, -0.2) is 0 Å². The summed E-state index contributed by atoms with van der Waals surface area (Å²) >= 11 is 0. The molecule has 2 aromatic rings. The van der Waals surface area contributed by atoms with Crippen molar-refractivity contribution in [1.82, 2.24) is 9.72 Å². The van der Waals surface area contributed by atoms with Crippen molar-refractivity contribution in [1.29, 1.82) is 0 Å². The molecule has 1 N–H and O–H groups in total. The van der Waals surface area contributed by atoms with E-state index in [4.69, 9.17) is 0 Å². The first kappa shape index (κ1) is 18.2. The molecule has 1 amide bonds. The molecule has 6 nitrogen and oxygen atoms in total. The fourth-order valence-electron chi connectivity index (χ4n) is 3.31. The number of carbonyl (C=O) groups is 1. The highest BCUT2D eigenvalue weighted by atomic mass is 19.4. The van der Waals surface area contributed by atoms with Crippen molar-refractivity contribution in [2.45, 2.75) is 44.3 Å². The second-order valence-electron chi connectivity index (χ2n) is 6.44. The third-order valence-electron chi connectivity index (χ3n) is 4.62.